The van der Waals surface area contributed by atoms with Crippen LogP contribution in [-0.2, 0) is 23.6 Å². The monoisotopic (exact) mass is 222 g/mol. The van der Waals surface area contributed by atoms with Crippen molar-refractivity contribution in [2.24, 2.45) is 14.1 Å². The van der Waals surface area contributed by atoms with Crippen molar-refractivity contribution >= 4 is 19.0 Å². The second kappa shape index (κ2) is 5.73. The van der Waals surface area contributed by atoms with Crippen LogP contribution in [0.3, 0.4) is 0 Å². The number of nitrogens with zero attached hydrogens (tertiary/aromatic N) is 2. The van der Waals surface area contributed by atoms with E-state index in [1.165, 1.54) is 0 Å². The van der Waals surface area contributed by atoms with Crippen LogP contribution in [0.25, 0.3) is 0 Å². The number of rotatable bonds is 5. The highest BCUT2D eigenvalue weighted by Gasteiger charge is 2.11. The van der Waals surface area contributed by atoms with Gasteiger partial charge in [-0.3, -0.25) is 13.9 Å². The molecule has 0 aliphatic rings. The van der Waals surface area contributed by atoms with Crippen molar-refractivity contribution in [1.29, 1.82) is 0 Å². The number of esters is 1. The Balaban J connectivity index is 2.74. The molecule has 0 aliphatic heterocycles. The molecular weight excluding hydrogens is 203 g/mol. The van der Waals surface area contributed by atoms with Gasteiger partial charge in [0.1, 0.15) is 12.4 Å². The van der Waals surface area contributed by atoms with Crippen molar-refractivity contribution in [3.63, 3.8) is 0 Å². The molecule has 1 rings (SSSR count). The van der Waals surface area contributed by atoms with Gasteiger partial charge in [0.2, 0.25) is 0 Å². The fraction of sp³-hybridized carbons (Fsp3) is 0.636. The van der Waals surface area contributed by atoms with Gasteiger partial charge in [0.25, 0.3) is 5.97 Å². The molecule has 4 nitrogen and oxygen atoms in total. The SMILES string of the molecule is CCOC(=O)C([B-]c1n(C)cc[n+]1C)CC. The van der Waals surface area contributed by atoms with E-state index in [4.69, 9.17) is 4.74 Å². The number of carbonyl (C=O) groups excluding carboxylic acids is 1. The van der Waals surface area contributed by atoms with Gasteiger partial charge < -0.3 is 4.74 Å². The zero-order chi connectivity index (χ0) is 12.1. The molecule has 1 aromatic rings. The number of aryl methyl sites for hydroxylation is 2. The summed E-state index contributed by atoms with van der Waals surface area (Å²) in [6.45, 7) is 4.25. The van der Waals surface area contributed by atoms with E-state index in [9.17, 15) is 4.79 Å². The molecule has 0 spiro atoms. The molecule has 0 bridgehead atoms. The molecule has 88 valence electrons. The third kappa shape index (κ3) is 2.87. The predicted octanol–water partition coefficient (Wildman–Crippen LogP) is -0.0593. The summed E-state index contributed by atoms with van der Waals surface area (Å²) in [6, 6.07) is 0. The van der Waals surface area contributed by atoms with Crippen LogP contribution in [0.2, 0.25) is 5.82 Å². The minimum absolute atomic E-state index is 0.147. The summed E-state index contributed by atoms with van der Waals surface area (Å²) in [6.07, 6.45) is 4.68. The molecule has 0 N–H and O–H groups in total. The maximum atomic E-state index is 11.7. The summed E-state index contributed by atoms with van der Waals surface area (Å²) in [5.41, 5.74) is 1.01. The quantitative estimate of drug-likeness (QED) is 0.397. The molecule has 1 aromatic heterocycles. The lowest BCUT2D eigenvalue weighted by molar-refractivity contribution is -0.653. The Bertz CT molecular complexity index is 343. The number of ether oxygens (including phenoxy) is 1. The van der Waals surface area contributed by atoms with Crippen molar-refractivity contribution in [3.8, 4) is 0 Å². The number of hydrogen-bond acceptors (Lipinski definition) is 2. The van der Waals surface area contributed by atoms with E-state index in [-0.39, 0.29) is 11.8 Å². The second-order valence-corrected chi connectivity index (χ2v) is 3.81. The van der Waals surface area contributed by atoms with Crippen molar-refractivity contribution in [3.05, 3.63) is 12.4 Å². The maximum Gasteiger partial charge on any atom is 0.268 e. The highest BCUT2D eigenvalue weighted by molar-refractivity contribution is 6.56. The lowest BCUT2D eigenvalue weighted by Gasteiger charge is -2.23. The van der Waals surface area contributed by atoms with E-state index in [1.807, 2.05) is 56.8 Å². The Morgan fingerprint density at radius 3 is 2.75 bits per heavy atom. The average molecular weight is 222 g/mol. The van der Waals surface area contributed by atoms with Crippen molar-refractivity contribution in [2.75, 3.05) is 6.61 Å². The first-order valence-electron chi connectivity index (χ1n) is 5.62. The fourth-order valence-corrected chi connectivity index (χ4v) is 1.62. The summed E-state index contributed by atoms with van der Waals surface area (Å²) in [4.78, 5) is 11.7. The van der Waals surface area contributed by atoms with Crippen LogP contribution in [0, 0.1) is 0 Å². The third-order valence-corrected chi connectivity index (χ3v) is 2.62. The molecule has 0 saturated heterocycles. The van der Waals surface area contributed by atoms with Gasteiger partial charge in [-0.25, -0.2) is 0 Å². The van der Waals surface area contributed by atoms with E-state index in [1.54, 1.807) is 0 Å². The highest BCUT2D eigenvalue weighted by Crippen LogP contribution is 2.10. The largest absolute Gasteiger partial charge is 0.468 e. The van der Waals surface area contributed by atoms with Crippen molar-refractivity contribution in [2.45, 2.75) is 26.1 Å². The highest BCUT2D eigenvalue weighted by atomic mass is 16.5. The summed E-state index contributed by atoms with van der Waals surface area (Å²) < 4.78 is 9.01. The van der Waals surface area contributed by atoms with Crippen molar-refractivity contribution < 1.29 is 14.1 Å². The van der Waals surface area contributed by atoms with Crippen LogP contribution in [0.15, 0.2) is 12.4 Å². The smallest absolute Gasteiger partial charge is 0.268 e. The van der Waals surface area contributed by atoms with E-state index in [2.05, 4.69) is 0 Å². The molecule has 1 heterocycles. The molecule has 1 atom stereocenters. The Morgan fingerprint density at radius 2 is 2.31 bits per heavy atom. The minimum Gasteiger partial charge on any atom is -0.468 e. The van der Waals surface area contributed by atoms with Crippen LogP contribution in [0.5, 0.6) is 0 Å². The summed E-state index contributed by atoms with van der Waals surface area (Å²) >= 11 is 0. The molecule has 0 aromatic carbocycles. The van der Waals surface area contributed by atoms with Gasteiger partial charge in [0.05, 0.1) is 20.7 Å². The van der Waals surface area contributed by atoms with Gasteiger partial charge in [-0.15, -0.1) is 5.82 Å². The predicted molar refractivity (Wildman–Crippen MR) is 62.7 cm³/mol. The van der Waals surface area contributed by atoms with E-state index < -0.39 is 0 Å². The van der Waals surface area contributed by atoms with Crippen LogP contribution >= 0.6 is 0 Å². The summed E-state index contributed by atoms with van der Waals surface area (Å²) in [5, 5.41) is 0. The topological polar surface area (TPSA) is 35.1 Å². The molecule has 0 aliphatic carbocycles. The Labute approximate surface area is 97.5 Å². The molecule has 0 amide bonds. The number of imidazole rings is 1. The lowest BCUT2D eigenvalue weighted by Crippen LogP contribution is -2.51. The Hall–Kier alpha value is -1.26. The number of aromatic nitrogens is 2. The third-order valence-electron chi connectivity index (χ3n) is 2.62. The summed E-state index contributed by atoms with van der Waals surface area (Å²) in [7, 11) is 5.88. The normalized spacial score (nSPS) is 12.5. The first kappa shape index (κ1) is 12.8. The maximum absolute atomic E-state index is 11.7. The number of carbonyl (C=O) groups is 1. The average Bonchev–Trinajstić information content (AvgIpc) is 2.56. The van der Waals surface area contributed by atoms with Gasteiger partial charge in [-0.1, -0.05) is 13.3 Å². The van der Waals surface area contributed by atoms with E-state index in [0.717, 1.165) is 12.1 Å². The molecular formula is C11H19BN2O2. The van der Waals surface area contributed by atoms with Gasteiger partial charge in [-0.2, -0.15) is 7.28 Å². The Kier molecular flexibility index (Phi) is 4.59. The van der Waals surface area contributed by atoms with Crippen LogP contribution in [-0.4, -0.2) is 24.4 Å². The molecule has 16 heavy (non-hydrogen) atoms. The molecule has 1 unspecified atom stereocenters. The van der Waals surface area contributed by atoms with E-state index in [0.29, 0.717) is 6.61 Å². The van der Waals surface area contributed by atoms with Crippen LogP contribution < -0.4 is 10.3 Å². The summed E-state index contributed by atoms with van der Waals surface area (Å²) in [5.74, 6) is -0.314. The molecule has 2 radical (unpaired) electrons. The molecule has 5 heteroatoms. The van der Waals surface area contributed by atoms with Crippen LogP contribution in [0.4, 0.5) is 0 Å². The first-order chi connectivity index (χ1) is 7.60. The van der Waals surface area contributed by atoms with Crippen LogP contribution in [0.1, 0.15) is 20.3 Å². The second-order valence-electron chi connectivity index (χ2n) is 3.81. The zero-order valence-electron chi connectivity index (χ0n) is 10.4. The molecule has 0 fully saturated rings. The molecule has 0 saturated carbocycles. The standard InChI is InChI=1S/C11H19BN2O2/c1-5-9(10(15)16-6-2)12-11-13(3)7-8-14(11)4/h7-9H,5-6H2,1-4H3. The minimum atomic E-state index is -0.167. The van der Waals surface area contributed by atoms with Gasteiger partial charge in [0.15, 0.2) is 0 Å². The Morgan fingerprint density at radius 1 is 1.62 bits per heavy atom. The van der Waals surface area contributed by atoms with Gasteiger partial charge in [-0.05, 0) is 6.92 Å². The van der Waals surface area contributed by atoms with E-state index >= 15 is 0 Å². The van der Waals surface area contributed by atoms with Crippen molar-refractivity contribution in [1.82, 2.24) is 4.57 Å². The first-order valence-corrected chi connectivity index (χ1v) is 5.62. The zero-order valence-corrected chi connectivity index (χ0v) is 10.4. The van der Waals surface area contributed by atoms with Gasteiger partial charge >= 0.3 is 0 Å². The lowest BCUT2D eigenvalue weighted by atomic mass is 9.62. The fourth-order valence-electron chi connectivity index (χ4n) is 1.62. The number of hydrogen-bond donors (Lipinski definition) is 0. The van der Waals surface area contributed by atoms with Gasteiger partial charge in [0, 0.05) is 5.72 Å².